The van der Waals surface area contributed by atoms with Gasteiger partial charge in [0.25, 0.3) is 0 Å². The SMILES string of the molecule is CCN(C(C)=O)C(C)C(O)CC(=O)NC(C)C(C)O. The third-order valence-electron chi connectivity index (χ3n) is 3.30. The summed E-state index contributed by atoms with van der Waals surface area (Å²) >= 11 is 0. The fourth-order valence-electron chi connectivity index (χ4n) is 1.80. The minimum atomic E-state index is -0.926. The van der Waals surface area contributed by atoms with Crippen LogP contribution in [0.1, 0.15) is 41.0 Å². The summed E-state index contributed by atoms with van der Waals surface area (Å²) in [6.07, 6.45) is -1.67. The van der Waals surface area contributed by atoms with Crippen LogP contribution < -0.4 is 5.32 Å². The van der Waals surface area contributed by atoms with Crippen molar-refractivity contribution in [3.63, 3.8) is 0 Å². The molecule has 4 atom stereocenters. The molecule has 0 rings (SSSR count). The third-order valence-corrected chi connectivity index (χ3v) is 3.30. The lowest BCUT2D eigenvalue weighted by Gasteiger charge is -2.30. The second-order valence-corrected chi connectivity index (χ2v) is 4.91. The van der Waals surface area contributed by atoms with Gasteiger partial charge in [-0.1, -0.05) is 0 Å². The zero-order valence-corrected chi connectivity index (χ0v) is 12.4. The van der Waals surface area contributed by atoms with Crippen molar-refractivity contribution < 1.29 is 19.8 Å². The van der Waals surface area contributed by atoms with Crippen molar-refractivity contribution in [1.29, 1.82) is 0 Å². The van der Waals surface area contributed by atoms with E-state index >= 15 is 0 Å². The maximum atomic E-state index is 11.7. The molecule has 0 aliphatic carbocycles. The molecule has 0 aromatic carbocycles. The van der Waals surface area contributed by atoms with Gasteiger partial charge < -0.3 is 20.4 Å². The molecule has 3 N–H and O–H groups in total. The molecule has 0 heterocycles. The number of hydrogen-bond donors (Lipinski definition) is 3. The molecule has 2 amide bonds. The topological polar surface area (TPSA) is 89.9 Å². The Morgan fingerprint density at radius 2 is 1.74 bits per heavy atom. The van der Waals surface area contributed by atoms with Gasteiger partial charge in [0.15, 0.2) is 0 Å². The third kappa shape index (κ3) is 6.02. The first-order chi connectivity index (χ1) is 8.70. The summed E-state index contributed by atoms with van der Waals surface area (Å²) in [4.78, 5) is 24.5. The molecular weight excluding hydrogens is 248 g/mol. The van der Waals surface area contributed by atoms with Crippen LogP contribution in [0.15, 0.2) is 0 Å². The summed E-state index contributed by atoms with van der Waals surface area (Å²) in [5, 5.41) is 21.9. The first-order valence-corrected chi connectivity index (χ1v) is 6.63. The number of carbonyl (C=O) groups excluding carboxylic acids is 2. The molecule has 0 saturated heterocycles. The Bertz CT molecular complexity index is 307. The first-order valence-electron chi connectivity index (χ1n) is 6.63. The molecule has 0 aliphatic rings. The Hall–Kier alpha value is -1.14. The number of amides is 2. The molecule has 0 aromatic rings. The van der Waals surface area contributed by atoms with E-state index in [2.05, 4.69) is 5.32 Å². The molecule has 6 nitrogen and oxygen atoms in total. The van der Waals surface area contributed by atoms with Crippen molar-refractivity contribution in [2.75, 3.05) is 6.54 Å². The standard InChI is InChI=1S/C13H26N2O4/c1-6-15(11(5)17)9(3)12(18)7-13(19)14-8(2)10(4)16/h8-10,12,16,18H,6-7H2,1-5H3,(H,14,19). The smallest absolute Gasteiger partial charge is 0.222 e. The van der Waals surface area contributed by atoms with Crippen molar-refractivity contribution in [1.82, 2.24) is 10.2 Å². The molecule has 6 heteroatoms. The average molecular weight is 274 g/mol. The lowest BCUT2D eigenvalue weighted by molar-refractivity contribution is -0.135. The van der Waals surface area contributed by atoms with E-state index in [1.165, 1.54) is 11.8 Å². The summed E-state index contributed by atoms with van der Waals surface area (Å²) in [5.41, 5.74) is 0. The predicted molar refractivity (Wildman–Crippen MR) is 72.4 cm³/mol. The number of carbonyl (C=O) groups is 2. The lowest BCUT2D eigenvalue weighted by Crippen LogP contribution is -2.47. The second-order valence-electron chi connectivity index (χ2n) is 4.91. The van der Waals surface area contributed by atoms with Gasteiger partial charge in [-0.2, -0.15) is 0 Å². The van der Waals surface area contributed by atoms with Gasteiger partial charge in [0, 0.05) is 13.5 Å². The minimum absolute atomic E-state index is 0.0952. The van der Waals surface area contributed by atoms with Gasteiger partial charge in [0.05, 0.1) is 30.7 Å². The maximum absolute atomic E-state index is 11.7. The molecule has 0 radical (unpaired) electrons. The van der Waals surface area contributed by atoms with E-state index in [4.69, 9.17) is 0 Å². The van der Waals surface area contributed by atoms with Crippen LogP contribution in [0.2, 0.25) is 0 Å². The van der Waals surface area contributed by atoms with Crippen LogP contribution in [-0.2, 0) is 9.59 Å². The van der Waals surface area contributed by atoms with Crippen LogP contribution in [0.25, 0.3) is 0 Å². The van der Waals surface area contributed by atoms with Crippen LogP contribution in [-0.4, -0.2) is 57.8 Å². The zero-order chi connectivity index (χ0) is 15.2. The highest BCUT2D eigenvalue weighted by molar-refractivity contribution is 5.77. The first kappa shape index (κ1) is 17.9. The Morgan fingerprint density at radius 3 is 2.11 bits per heavy atom. The van der Waals surface area contributed by atoms with Gasteiger partial charge in [0.2, 0.25) is 11.8 Å². The molecule has 0 aromatic heterocycles. The Morgan fingerprint density at radius 1 is 1.21 bits per heavy atom. The fraction of sp³-hybridized carbons (Fsp3) is 0.846. The van der Waals surface area contributed by atoms with E-state index in [0.717, 1.165) is 0 Å². The average Bonchev–Trinajstić information content (AvgIpc) is 2.28. The van der Waals surface area contributed by atoms with Crippen molar-refractivity contribution in [3.8, 4) is 0 Å². The van der Waals surface area contributed by atoms with Gasteiger partial charge in [-0.25, -0.2) is 0 Å². The van der Waals surface area contributed by atoms with Crippen LogP contribution >= 0.6 is 0 Å². The molecule has 0 fully saturated rings. The number of nitrogens with zero attached hydrogens (tertiary/aromatic N) is 1. The van der Waals surface area contributed by atoms with Crippen LogP contribution in [0, 0.1) is 0 Å². The summed E-state index contributed by atoms with van der Waals surface area (Å²) in [6.45, 7) is 8.72. The van der Waals surface area contributed by atoms with Gasteiger partial charge in [-0.3, -0.25) is 9.59 Å². The van der Waals surface area contributed by atoms with Gasteiger partial charge in [0.1, 0.15) is 0 Å². The van der Waals surface area contributed by atoms with Gasteiger partial charge in [-0.05, 0) is 27.7 Å². The molecule has 19 heavy (non-hydrogen) atoms. The number of rotatable bonds is 7. The van der Waals surface area contributed by atoms with Gasteiger partial charge in [-0.15, -0.1) is 0 Å². The van der Waals surface area contributed by atoms with E-state index < -0.39 is 18.2 Å². The van der Waals surface area contributed by atoms with Crippen molar-refractivity contribution >= 4 is 11.8 Å². The highest BCUT2D eigenvalue weighted by Gasteiger charge is 2.25. The number of likely N-dealkylation sites (N-methyl/N-ethyl adjacent to an activating group) is 1. The molecule has 0 aliphatic heterocycles. The fourth-order valence-corrected chi connectivity index (χ4v) is 1.80. The lowest BCUT2D eigenvalue weighted by atomic mass is 10.1. The summed E-state index contributed by atoms with van der Waals surface area (Å²) < 4.78 is 0. The van der Waals surface area contributed by atoms with Crippen LogP contribution in [0.4, 0.5) is 0 Å². The van der Waals surface area contributed by atoms with Crippen molar-refractivity contribution in [2.24, 2.45) is 0 Å². The predicted octanol–water partition coefficient (Wildman–Crippen LogP) is -0.120. The number of aliphatic hydroxyl groups is 2. The molecular formula is C13H26N2O4. The zero-order valence-electron chi connectivity index (χ0n) is 12.4. The summed E-state index contributed by atoms with van der Waals surface area (Å²) in [5.74, 6) is -0.473. The molecule has 112 valence electrons. The largest absolute Gasteiger partial charge is 0.391 e. The quantitative estimate of drug-likeness (QED) is 0.604. The maximum Gasteiger partial charge on any atom is 0.222 e. The van der Waals surface area contributed by atoms with E-state index in [-0.39, 0.29) is 24.3 Å². The summed E-state index contributed by atoms with van der Waals surface area (Å²) in [6, 6.07) is -0.791. The second kappa shape index (κ2) is 8.12. The molecule has 0 saturated carbocycles. The number of hydrogen-bond acceptors (Lipinski definition) is 4. The van der Waals surface area contributed by atoms with E-state index in [0.29, 0.717) is 6.54 Å². The Labute approximate surface area is 114 Å². The minimum Gasteiger partial charge on any atom is -0.391 e. The molecule has 4 unspecified atom stereocenters. The van der Waals surface area contributed by atoms with Crippen molar-refractivity contribution in [3.05, 3.63) is 0 Å². The number of aliphatic hydroxyl groups excluding tert-OH is 2. The van der Waals surface area contributed by atoms with E-state index in [1.54, 1.807) is 20.8 Å². The van der Waals surface area contributed by atoms with Crippen LogP contribution in [0.5, 0.6) is 0 Å². The summed E-state index contributed by atoms with van der Waals surface area (Å²) in [7, 11) is 0. The van der Waals surface area contributed by atoms with Gasteiger partial charge >= 0.3 is 0 Å². The Balaban J connectivity index is 4.39. The highest BCUT2D eigenvalue weighted by atomic mass is 16.3. The molecule has 0 spiro atoms. The van der Waals surface area contributed by atoms with Crippen LogP contribution in [0.3, 0.4) is 0 Å². The number of nitrogens with one attached hydrogen (secondary N) is 1. The molecule has 0 bridgehead atoms. The normalized spacial score (nSPS) is 17.2. The highest BCUT2D eigenvalue weighted by Crippen LogP contribution is 2.08. The van der Waals surface area contributed by atoms with E-state index in [9.17, 15) is 19.8 Å². The van der Waals surface area contributed by atoms with E-state index in [1.807, 2.05) is 6.92 Å². The van der Waals surface area contributed by atoms with Crippen molar-refractivity contribution in [2.45, 2.75) is 65.3 Å². The monoisotopic (exact) mass is 274 g/mol. The Kier molecular flexibility index (Phi) is 7.63.